The molecule has 0 atom stereocenters. The lowest BCUT2D eigenvalue weighted by Crippen LogP contribution is -2.09. The highest BCUT2D eigenvalue weighted by molar-refractivity contribution is 5.36. The Kier molecular flexibility index (Phi) is 2.76. The fourth-order valence-corrected chi connectivity index (χ4v) is 0.888. The Morgan fingerprint density at radius 1 is 1.00 bits per heavy atom. The molecule has 0 unspecified atom stereocenters. The molecule has 0 amide bonds. The van der Waals surface area contributed by atoms with Crippen LogP contribution in [0.25, 0.3) is 0 Å². The Hall–Kier alpha value is -1.25. The van der Waals surface area contributed by atoms with Crippen LogP contribution in [0.1, 0.15) is 6.92 Å². The predicted octanol–water partition coefficient (Wildman–Crippen LogP) is 3.55. The van der Waals surface area contributed by atoms with Crippen molar-refractivity contribution in [2.75, 3.05) is 0 Å². The third kappa shape index (κ3) is 2.93. The summed E-state index contributed by atoms with van der Waals surface area (Å²) in [4.78, 5) is 0. The van der Waals surface area contributed by atoms with Crippen molar-refractivity contribution in [1.29, 1.82) is 0 Å². The minimum Gasteiger partial charge on any atom is -0.166 e. The van der Waals surface area contributed by atoms with E-state index in [-0.39, 0.29) is 0 Å². The molecule has 0 aromatic heterocycles. The molecule has 0 radical (unpaired) electrons. The molecule has 0 aliphatic heterocycles. The van der Waals surface area contributed by atoms with E-state index in [1.165, 1.54) is 12.2 Å². The second kappa shape index (κ2) is 3.64. The van der Waals surface area contributed by atoms with Crippen LogP contribution >= 0.6 is 0 Å². The first kappa shape index (κ1) is 9.84. The number of halogens is 3. The third-order valence-electron chi connectivity index (χ3n) is 1.60. The van der Waals surface area contributed by atoms with E-state index in [1.807, 2.05) is 0 Å². The van der Waals surface area contributed by atoms with Crippen LogP contribution in [0.2, 0.25) is 0 Å². The summed E-state index contributed by atoms with van der Waals surface area (Å²) in [6.07, 6.45) is 4.04. The van der Waals surface area contributed by atoms with Crippen LogP contribution in [0, 0.1) is 0 Å². The Balaban J connectivity index is 2.99. The average Bonchev–Trinajstić information content (AvgIpc) is 1.94. The van der Waals surface area contributed by atoms with E-state index in [9.17, 15) is 13.2 Å². The molecule has 0 nitrogen and oxygen atoms in total. The van der Waals surface area contributed by atoms with E-state index in [4.69, 9.17) is 0 Å². The highest BCUT2D eigenvalue weighted by atomic mass is 19.4. The summed E-state index contributed by atoms with van der Waals surface area (Å²) in [5, 5.41) is 0. The van der Waals surface area contributed by atoms with E-state index in [0.29, 0.717) is 0 Å². The van der Waals surface area contributed by atoms with Crippen molar-refractivity contribution < 1.29 is 13.2 Å². The summed E-state index contributed by atoms with van der Waals surface area (Å²) in [5.41, 5.74) is 0.169. The van der Waals surface area contributed by atoms with Gasteiger partial charge in [-0.2, -0.15) is 13.2 Å². The van der Waals surface area contributed by atoms with E-state index in [1.54, 1.807) is 19.1 Å². The molecule has 13 heavy (non-hydrogen) atoms. The highest BCUT2D eigenvalue weighted by Crippen LogP contribution is 2.27. The molecule has 0 N–H and O–H groups in total. The standard InChI is InChI=1S/C10H9F3/c1-8-4-2-3-5-9(7-6-8)10(11,12)13/h2-7H,1H3/b3-2?,4-2+,5-3+,7-6?,8-4?,8-6-,9-5?,9-7+. The van der Waals surface area contributed by atoms with Crippen LogP contribution in [-0.2, 0) is 0 Å². The van der Waals surface area contributed by atoms with Crippen molar-refractivity contribution in [3.05, 3.63) is 47.6 Å². The van der Waals surface area contributed by atoms with Gasteiger partial charge < -0.3 is 0 Å². The number of allylic oxidation sites excluding steroid dienone is 8. The first-order chi connectivity index (χ1) is 6.00. The van der Waals surface area contributed by atoms with Crippen LogP contribution in [0.15, 0.2) is 47.6 Å². The Morgan fingerprint density at radius 2 is 1.62 bits per heavy atom. The lowest BCUT2D eigenvalue weighted by Gasteiger charge is -2.06. The summed E-state index contributed by atoms with van der Waals surface area (Å²) in [5.74, 6) is 0. The van der Waals surface area contributed by atoms with Gasteiger partial charge in [-0.25, -0.2) is 0 Å². The molecular formula is C10H9F3. The fraction of sp³-hybridized carbons (Fsp3) is 0.200. The van der Waals surface area contributed by atoms with E-state index in [2.05, 4.69) is 0 Å². The lowest BCUT2D eigenvalue weighted by molar-refractivity contribution is -0.0881. The maximum Gasteiger partial charge on any atom is 0.416 e. The SMILES string of the molecule is CC1=C/C=C(C(F)(F)F)\C=C\C=C\1. The smallest absolute Gasteiger partial charge is 0.166 e. The average molecular weight is 186 g/mol. The van der Waals surface area contributed by atoms with Crippen molar-refractivity contribution in [2.24, 2.45) is 0 Å². The zero-order valence-electron chi connectivity index (χ0n) is 7.10. The van der Waals surface area contributed by atoms with Crippen LogP contribution in [0.4, 0.5) is 13.2 Å². The van der Waals surface area contributed by atoms with E-state index < -0.39 is 11.7 Å². The van der Waals surface area contributed by atoms with Crippen molar-refractivity contribution >= 4 is 0 Å². The zero-order chi connectivity index (χ0) is 9.90. The molecule has 0 fully saturated rings. The van der Waals surface area contributed by atoms with Gasteiger partial charge in [-0.1, -0.05) is 36.0 Å². The second-order valence-corrected chi connectivity index (χ2v) is 2.75. The predicted molar refractivity (Wildman–Crippen MR) is 46.2 cm³/mol. The first-order valence-electron chi connectivity index (χ1n) is 3.80. The maximum atomic E-state index is 12.2. The minimum atomic E-state index is -4.27. The van der Waals surface area contributed by atoms with Gasteiger partial charge in [0.1, 0.15) is 0 Å². The normalized spacial score (nSPS) is 30.5. The van der Waals surface area contributed by atoms with Crippen LogP contribution in [-0.4, -0.2) is 6.18 Å². The van der Waals surface area contributed by atoms with Gasteiger partial charge in [-0.3, -0.25) is 0 Å². The molecule has 0 spiro atoms. The van der Waals surface area contributed by atoms with Crippen molar-refractivity contribution in [2.45, 2.75) is 13.1 Å². The van der Waals surface area contributed by atoms with Crippen LogP contribution in [0.3, 0.4) is 0 Å². The maximum absolute atomic E-state index is 12.2. The van der Waals surface area contributed by atoms with Crippen molar-refractivity contribution in [1.82, 2.24) is 0 Å². The van der Waals surface area contributed by atoms with Gasteiger partial charge >= 0.3 is 6.18 Å². The topological polar surface area (TPSA) is 0 Å². The van der Waals surface area contributed by atoms with Gasteiger partial charge in [-0.15, -0.1) is 0 Å². The van der Waals surface area contributed by atoms with Gasteiger partial charge in [-0.05, 0) is 13.0 Å². The third-order valence-corrected chi connectivity index (χ3v) is 1.60. The minimum absolute atomic E-state index is 0.629. The Morgan fingerprint density at radius 3 is 2.23 bits per heavy atom. The van der Waals surface area contributed by atoms with Gasteiger partial charge in [0.05, 0.1) is 5.57 Å². The van der Waals surface area contributed by atoms with E-state index in [0.717, 1.165) is 17.7 Å². The van der Waals surface area contributed by atoms with Gasteiger partial charge in [0.15, 0.2) is 0 Å². The van der Waals surface area contributed by atoms with Gasteiger partial charge in [0.25, 0.3) is 0 Å². The lowest BCUT2D eigenvalue weighted by atomic mass is 10.1. The number of alkyl halides is 3. The molecule has 0 aromatic rings. The summed E-state index contributed by atoms with van der Waals surface area (Å²) < 4.78 is 36.6. The zero-order valence-corrected chi connectivity index (χ0v) is 7.10. The molecule has 1 rings (SSSR count). The first-order valence-corrected chi connectivity index (χ1v) is 3.80. The number of hydrogen-bond donors (Lipinski definition) is 0. The summed E-state index contributed by atoms with van der Waals surface area (Å²) in [7, 11) is 0. The number of rotatable bonds is 0. The molecule has 0 saturated carbocycles. The van der Waals surface area contributed by atoms with Crippen molar-refractivity contribution in [3.63, 3.8) is 0 Å². The summed E-state index contributed by atoms with van der Waals surface area (Å²) in [6, 6.07) is 0. The van der Waals surface area contributed by atoms with Crippen LogP contribution < -0.4 is 0 Å². The fourth-order valence-electron chi connectivity index (χ4n) is 0.888. The summed E-state index contributed by atoms with van der Waals surface area (Å²) in [6.45, 7) is 1.75. The molecule has 1 aliphatic rings. The van der Waals surface area contributed by atoms with Gasteiger partial charge in [0.2, 0.25) is 0 Å². The Labute approximate surface area is 74.8 Å². The largest absolute Gasteiger partial charge is 0.416 e. The quantitative estimate of drug-likeness (QED) is 0.542. The molecule has 0 heterocycles. The van der Waals surface area contributed by atoms with Gasteiger partial charge in [0, 0.05) is 0 Å². The highest BCUT2D eigenvalue weighted by Gasteiger charge is 2.31. The molecule has 0 aromatic carbocycles. The molecule has 3 heteroatoms. The molecule has 0 saturated heterocycles. The molecule has 1 aliphatic carbocycles. The van der Waals surface area contributed by atoms with Crippen LogP contribution in [0.5, 0.6) is 0 Å². The second-order valence-electron chi connectivity index (χ2n) is 2.75. The monoisotopic (exact) mass is 186 g/mol. The molecular weight excluding hydrogens is 177 g/mol. The Bertz CT molecular complexity index is 301. The molecule has 0 bridgehead atoms. The van der Waals surface area contributed by atoms with E-state index >= 15 is 0 Å². The van der Waals surface area contributed by atoms with Crippen molar-refractivity contribution in [3.8, 4) is 0 Å². The molecule has 70 valence electrons. The number of hydrogen-bond acceptors (Lipinski definition) is 0. The summed E-state index contributed by atoms with van der Waals surface area (Å²) >= 11 is 0.